The van der Waals surface area contributed by atoms with Gasteiger partial charge < -0.3 is 9.84 Å². The number of ether oxygens (including phenoxy) is 1. The quantitative estimate of drug-likeness (QED) is 0.680. The molecule has 1 N–H and O–H groups in total. The van der Waals surface area contributed by atoms with E-state index in [9.17, 15) is 27.5 Å². The number of halogens is 4. The summed E-state index contributed by atoms with van der Waals surface area (Å²) in [6.45, 7) is 0. The van der Waals surface area contributed by atoms with Crippen LogP contribution in [-0.2, 0) is 6.18 Å². The summed E-state index contributed by atoms with van der Waals surface area (Å²) in [7, 11) is 1.30. The number of nitrogens with zero attached hydrogens (tertiary/aromatic N) is 1. The number of hydrogen-bond donors (Lipinski definition) is 1. The van der Waals surface area contributed by atoms with Crippen LogP contribution in [0, 0.1) is 5.82 Å². The minimum atomic E-state index is -4.61. The average molecular weight is 365 g/mol. The van der Waals surface area contributed by atoms with Crippen molar-refractivity contribution in [3.05, 3.63) is 59.4 Å². The second kappa shape index (κ2) is 6.29. The fourth-order valence-electron chi connectivity index (χ4n) is 2.55. The molecule has 1 heterocycles. The van der Waals surface area contributed by atoms with Crippen LogP contribution in [0.5, 0.6) is 5.75 Å². The van der Waals surface area contributed by atoms with E-state index in [0.29, 0.717) is 0 Å². The molecule has 3 rings (SSSR count). The summed E-state index contributed by atoms with van der Waals surface area (Å²) in [6, 6.07) is 7.71. The van der Waals surface area contributed by atoms with E-state index in [0.717, 1.165) is 30.3 Å². The lowest BCUT2D eigenvalue weighted by Crippen LogP contribution is -2.06. The lowest BCUT2D eigenvalue weighted by Gasteiger charge is -2.11. The van der Waals surface area contributed by atoms with Crippen molar-refractivity contribution in [1.82, 2.24) is 4.98 Å². The number of aromatic carboxylic acids is 1. The summed E-state index contributed by atoms with van der Waals surface area (Å²) >= 11 is 0. The summed E-state index contributed by atoms with van der Waals surface area (Å²) in [6.07, 6.45) is -4.61. The van der Waals surface area contributed by atoms with E-state index in [2.05, 4.69) is 4.98 Å². The molecule has 0 aliphatic carbocycles. The first-order valence-electron chi connectivity index (χ1n) is 7.30. The highest BCUT2D eigenvalue weighted by molar-refractivity contribution is 6.04. The average Bonchev–Trinajstić information content (AvgIpc) is 2.59. The highest BCUT2D eigenvalue weighted by Gasteiger charge is 2.31. The first kappa shape index (κ1) is 17.7. The monoisotopic (exact) mass is 365 g/mol. The molecule has 8 heteroatoms. The first-order chi connectivity index (χ1) is 12.2. The molecular weight excluding hydrogens is 354 g/mol. The van der Waals surface area contributed by atoms with Gasteiger partial charge in [0, 0.05) is 10.9 Å². The maximum absolute atomic E-state index is 13.9. The van der Waals surface area contributed by atoms with Crippen LogP contribution in [0.4, 0.5) is 17.6 Å². The van der Waals surface area contributed by atoms with Gasteiger partial charge in [-0.1, -0.05) is 0 Å². The second-order valence-electron chi connectivity index (χ2n) is 5.44. The summed E-state index contributed by atoms with van der Waals surface area (Å²) < 4.78 is 57.4. The van der Waals surface area contributed by atoms with Crippen LogP contribution in [0.25, 0.3) is 22.2 Å². The Kier molecular flexibility index (Phi) is 4.27. The summed E-state index contributed by atoms with van der Waals surface area (Å²) in [5.74, 6) is -2.08. The zero-order chi connectivity index (χ0) is 19.1. The normalized spacial score (nSPS) is 11.6. The van der Waals surface area contributed by atoms with Gasteiger partial charge >= 0.3 is 12.1 Å². The highest BCUT2D eigenvalue weighted by Crippen LogP contribution is 2.33. The third-order valence-corrected chi connectivity index (χ3v) is 3.81. The minimum Gasteiger partial charge on any atom is -0.494 e. The fourth-order valence-corrected chi connectivity index (χ4v) is 2.55. The van der Waals surface area contributed by atoms with Crippen LogP contribution < -0.4 is 4.74 Å². The lowest BCUT2D eigenvalue weighted by molar-refractivity contribution is -0.137. The molecule has 0 unspecified atom stereocenters. The van der Waals surface area contributed by atoms with Crippen molar-refractivity contribution in [2.24, 2.45) is 0 Å². The number of carboxylic acid groups (broad SMARTS) is 1. The lowest BCUT2D eigenvalue weighted by atomic mass is 10.0. The smallest absolute Gasteiger partial charge is 0.416 e. The van der Waals surface area contributed by atoms with Crippen molar-refractivity contribution in [3.8, 4) is 17.0 Å². The number of carboxylic acids is 1. The van der Waals surface area contributed by atoms with Gasteiger partial charge in [0.05, 0.1) is 29.4 Å². The summed E-state index contributed by atoms with van der Waals surface area (Å²) in [5.41, 5.74) is -0.877. The Balaban J connectivity index is 2.23. The van der Waals surface area contributed by atoms with E-state index in [-0.39, 0.29) is 33.5 Å². The molecule has 26 heavy (non-hydrogen) atoms. The van der Waals surface area contributed by atoms with Gasteiger partial charge in [0.1, 0.15) is 0 Å². The largest absolute Gasteiger partial charge is 0.494 e. The zero-order valence-electron chi connectivity index (χ0n) is 13.3. The maximum Gasteiger partial charge on any atom is 0.416 e. The molecule has 1 aromatic heterocycles. The van der Waals surface area contributed by atoms with Crippen molar-refractivity contribution in [2.75, 3.05) is 7.11 Å². The van der Waals surface area contributed by atoms with E-state index < -0.39 is 23.5 Å². The van der Waals surface area contributed by atoms with E-state index in [4.69, 9.17) is 4.74 Å². The van der Waals surface area contributed by atoms with E-state index in [1.807, 2.05) is 0 Å². The first-order valence-corrected chi connectivity index (χ1v) is 7.30. The second-order valence-corrected chi connectivity index (χ2v) is 5.44. The van der Waals surface area contributed by atoms with Crippen LogP contribution in [0.3, 0.4) is 0 Å². The molecule has 0 aliphatic rings. The van der Waals surface area contributed by atoms with Gasteiger partial charge in [0.2, 0.25) is 0 Å². The van der Waals surface area contributed by atoms with Crippen LogP contribution in [-0.4, -0.2) is 23.2 Å². The fraction of sp³-hybridized carbons (Fsp3) is 0.111. The molecule has 3 aromatic rings. The van der Waals surface area contributed by atoms with Gasteiger partial charge in [0.15, 0.2) is 11.6 Å². The number of fused-ring (bicyclic) bond motifs is 1. The molecule has 0 atom stereocenters. The van der Waals surface area contributed by atoms with Crippen LogP contribution >= 0.6 is 0 Å². The maximum atomic E-state index is 13.9. The third kappa shape index (κ3) is 3.17. The number of hydrogen-bond acceptors (Lipinski definition) is 3. The van der Waals surface area contributed by atoms with Crippen molar-refractivity contribution in [2.45, 2.75) is 6.18 Å². The number of pyridine rings is 1. The predicted octanol–water partition coefficient (Wildman–Crippen LogP) is 4.77. The molecular formula is C18H11F4NO3. The molecule has 134 valence electrons. The number of alkyl halides is 3. The van der Waals surface area contributed by atoms with Crippen molar-refractivity contribution in [3.63, 3.8) is 0 Å². The van der Waals surface area contributed by atoms with Gasteiger partial charge in [-0.15, -0.1) is 0 Å². The molecule has 2 aromatic carbocycles. The SMILES string of the molecule is COc1ccc(-c2cc(C(=O)O)c3cc(C(F)(F)F)ccc3n2)cc1F. The molecule has 0 radical (unpaired) electrons. The number of aromatic nitrogens is 1. The Hall–Kier alpha value is -3.16. The number of methoxy groups -OCH3 is 1. The molecule has 0 saturated carbocycles. The van der Waals surface area contributed by atoms with Gasteiger partial charge in [0.25, 0.3) is 0 Å². The Morgan fingerprint density at radius 3 is 2.42 bits per heavy atom. The van der Waals surface area contributed by atoms with E-state index in [1.165, 1.54) is 19.2 Å². The van der Waals surface area contributed by atoms with Gasteiger partial charge in [-0.2, -0.15) is 13.2 Å². The van der Waals surface area contributed by atoms with Crippen LogP contribution in [0.15, 0.2) is 42.5 Å². The molecule has 4 nitrogen and oxygen atoms in total. The Morgan fingerprint density at radius 2 is 1.85 bits per heavy atom. The van der Waals surface area contributed by atoms with Gasteiger partial charge in [-0.05, 0) is 42.5 Å². The minimum absolute atomic E-state index is 0.00261. The molecule has 0 fully saturated rings. The van der Waals surface area contributed by atoms with Crippen molar-refractivity contribution < 1.29 is 32.2 Å². The molecule has 0 bridgehead atoms. The Bertz CT molecular complexity index is 1020. The molecule has 0 saturated heterocycles. The van der Waals surface area contributed by atoms with Crippen LogP contribution in [0.2, 0.25) is 0 Å². The zero-order valence-corrected chi connectivity index (χ0v) is 13.3. The number of benzene rings is 2. The summed E-state index contributed by atoms with van der Waals surface area (Å²) in [5, 5.41) is 9.23. The van der Waals surface area contributed by atoms with E-state index in [1.54, 1.807) is 0 Å². The number of carbonyl (C=O) groups is 1. The Morgan fingerprint density at radius 1 is 1.12 bits per heavy atom. The third-order valence-electron chi connectivity index (χ3n) is 3.81. The van der Waals surface area contributed by atoms with Crippen LogP contribution in [0.1, 0.15) is 15.9 Å². The number of rotatable bonds is 3. The molecule has 0 aliphatic heterocycles. The van der Waals surface area contributed by atoms with Crippen molar-refractivity contribution >= 4 is 16.9 Å². The molecule has 0 amide bonds. The molecule has 0 spiro atoms. The van der Waals surface area contributed by atoms with Gasteiger partial charge in [-0.3, -0.25) is 0 Å². The topological polar surface area (TPSA) is 59.4 Å². The highest BCUT2D eigenvalue weighted by atomic mass is 19.4. The predicted molar refractivity (Wildman–Crippen MR) is 85.7 cm³/mol. The Labute approximate surface area is 144 Å². The standard InChI is InChI=1S/C18H11F4NO3/c1-26-16-5-2-9(6-13(16)19)15-8-12(17(24)25)11-7-10(18(20,21)22)3-4-14(11)23-15/h2-8H,1H3,(H,24,25). The van der Waals surface area contributed by atoms with E-state index >= 15 is 0 Å². The van der Waals surface area contributed by atoms with Crippen molar-refractivity contribution in [1.29, 1.82) is 0 Å². The summed E-state index contributed by atoms with van der Waals surface area (Å²) in [4.78, 5) is 15.7. The van der Waals surface area contributed by atoms with Gasteiger partial charge in [-0.25, -0.2) is 14.2 Å².